The summed E-state index contributed by atoms with van der Waals surface area (Å²) in [5.74, 6) is 1.12. The van der Waals surface area contributed by atoms with Crippen LogP contribution in [-0.2, 0) is 0 Å². The summed E-state index contributed by atoms with van der Waals surface area (Å²) in [5, 5.41) is 3.75. The lowest BCUT2D eigenvalue weighted by Gasteiger charge is -2.32. The van der Waals surface area contributed by atoms with Crippen LogP contribution in [0.15, 0.2) is 12.1 Å². The third-order valence-corrected chi connectivity index (χ3v) is 3.72. The second-order valence-corrected chi connectivity index (χ2v) is 5.66. The number of benzene rings is 1. The molecule has 0 saturated heterocycles. The van der Waals surface area contributed by atoms with Gasteiger partial charge < -0.3 is 10.1 Å². The normalized spacial score (nSPS) is 27.5. The quantitative estimate of drug-likeness (QED) is 0.843. The highest BCUT2D eigenvalue weighted by Gasteiger charge is 2.31. The minimum Gasteiger partial charge on any atom is -0.490 e. The Bertz CT molecular complexity index is 437. The van der Waals surface area contributed by atoms with Crippen LogP contribution in [0, 0.1) is 13.8 Å². The molecule has 1 aliphatic heterocycles. The second-order valence-electron chi connectivity index (χ2n) is 5.66. The van der Waals surface area contributed by atoms with Crippen LogP contribution >= 0.6 is 0 Å². The molecular formula is C15H21NO. The van der Waals surface area contributed by atoms with E-state index >= 15 is 0 Å². The van der Waals surface area contributed by atoms with Crippen molar-refractivity contribution in [3.63, 3.8) is 0 Å². The highest BCUT2D eigenvalue weighted by atomic mass is 16.5. The molecule has 0 spiro atoms. The summed E-state index contributed by atoms with van der Waals surface area (Å²) in [4.78, 5) is 0. The molecule has 92 valence electrons. The molecule has 3 rings (SSSR count). The van der Waals surface area contributed by atoms with E-state index in [0.717, 1.165) is 18.2 Å². The third kappa shape index (κ3) is 2.19. The number of ether oxygens (including phenoxy) is 1. The smallest absolute Gasteiger partial charge is 0.127 e. The molecule has 0 aromatic heterocycles. The molecule has 1 heterocycles. The van der Waals surface area contributed by atoms with Gasteiger partial charge in [-0.05, 0) is 39.2 Å². The van der Waals surface area contributed by atoms with Crippen LogP contribution in [-0.4, -0.2) is 12.1 Å². The van der Waals surface area contributed by atoms with E-state index in [1.807, 2.05) is 0 Å². The van der Waals surface area contributed by atoms with Crippen molar-refractivity contribution in [2.75, 3.05) is 0 Å². The first-order chi connectivity index (χ1) is 8.13. The number of hydrogen-bond donors (Lipinski definition) is 1. The summed E-state index contributed by atoms with van der Waals surface area (Å²) in [6, 6.07) is 5.73. The number of rotatable bonds is 2. The van der Waals surface area contributed by atoms with Crippen molar-refractivity contribution in [3.8, 4) is 5.75 Å². The Morgan fingerprint density at radius 3 is 2.71 bits per heavy atom. The van der Waals surface area contributed by atoms with Crippen molar-refractivity contribution in [1.82, 2.24) is 5.32 Å². The fourth-order valence-electron chi connectivity index (χ4n) is 2.81. The van der Waals surface area contributed by atoms with Crippen molar-refractivity contribution in [3.05, 3.63) is 28.8 Å². The lowest BCUT2D eigenvalue weighted by atomic mass is 9.93. The van der Waals surface area contributed by atoms with Crippen molar-refractivity contribution < 1.29 is 4.74 Å². The zero-order valence-corrected chi connectivity index (χ0v) is 10.9. The van der Waals surface area contributed by atoms with Gasteiger partial charge in [0.15, 0.2) is 0 Å². The van der Waals surface area contributed by atoms with Gasteiger partial charge in [-0.25, -0.2) is 0 Å². The van der Waals surface area contributed by atoms with Crippen LogP contribution in [0.2, 0.25) is 0 Å². The van der Waals surface area contributed by atoms with Crippen molar-refractivity contribution in [2.24, 2.45) is 0 Å². The molecule has 0 amide bonds. The van der Waals surface area contributed by atoms with Gasteiger partial charge >= 0.3 is 0 Å². The minimum absolute atomic E-state index is 0.320. The molecule has 2 aliphatic rings. The fraction of sp³-hybridized carbons (Fsp3) is 0.600. The summed E-state index contributed by atoms with van der Waals surface area (Å²) in [6.07, 6.45) is 4.09. The highest BCUT2D eigenvalue weighted by molar-refractivity contribution is 5.47. The summed E-state index contributed by atoms with van der Waals surface area (Å²) in [7, 11) is 0. The van der Waals surface area contributed by atoms with Gasteiger partial charge in [0.05, 0.1) is 6.10 Å². The van der Waals surface area contributed by atoms with Crippen LogP contribution in [0.4, 0.5) is 0 Å². The van der Waals surface area contributed by atoms with Crippen LogP contribution in [0.1, 0.15) is 48.9 Å². The Morgan fingerprint density at radius 2 is 2.00 bits per heavy atom. The predicted molar refractivity (Wildman–Crippen MR) is 69.5 cm³/mol. The average molecular weight is 231 g/mol. The van der Waals surface area contributed by atoms with E-state index in [0.29, 0.717) is 12.1 Å². The van der Waals surface area contributed by atoms with Gasteiger partial charge in [0.2, 0.25) is 0 Å². The number of hydrogen-bond acceptors (Lipinski definition) is 2. The number of nitrogens with one attached hydrogen (secondary N) is 1. The molecular weight excluding hydrogens is 210 g/mol. The van der Waals surface area contributed by atoms with E-state index in [4.69, 9.17) is 4.74 Å². The Hall–Kier alpha value is -1.02. The van der Waals surface area contributed by atoms with E-state index in [1.165, 1.54) is 29.5 Å². The maximum atomic E-state index is 6.01. The predicted octanol–water partition coefficient (Wildman–Crippen LogP) is 3.27. The van der Waals surface area contributed by atoms with E-state index in [2.05, 4.69) is 38.2 Å². The first kappa shape index (κ1) is 11.1. The van der Waals surface area contributed by atoms with Crippen LogP contribution in [0.3, 0.4) is 0 Å². The Kier molecular flexibility index (Phi) is 2.62. The van der Waals surface area contributed by atoms with Crippen molar-refractivity contribution >= 4 is 0 Å². The molecule has 1 saturated carbocycles. The Labute approximate surface area is 103 Å². The number of fused-ring (bicyclic) bond motifs is 1. The summed E-state index contributed by atoms with van der Waals surface area (Å²) in [5.41, 5.74) is 3.98. The molecule has 1 fully saturated rings. The zero-order valence-electron chi connectivity index (χ0n) is 10.9. The molecule has 0 radical (unpaired) electrons. The van der Waals surface area contributed by atoms with Crippen LogP contribution in [0.5, 0.6) is 5.75 Å². The Morgan fingerprint density at radius 1 is 1.24 bits per heavy atom. The Balaban J connectivity index is 1.97. The van der Waals surface area contributed by atoms with Gasteiger partial charge in [-0.15, -0.1) is 0 Å². The van der Waals surface area contributed by atoms with Crippen LogP contribution < -0.4 is 10.1 Å². The summed E-state index contributed by atoms with van der Waals surface area (Å²) in [6.45, 7) is 6.49. The standard InChI is InChI=1S/C15H21NO/c1-9-6-10(2)15-13(7-9)14(8-11(3)17-15)16-12-4-5-12/h6-7,11-12,14,16H,4-5,8H2,1-3H3. The molecule has 17 heavy (non-hydrogen) atoms. The monoisotopic (exact) mass is 231 g/mol. The molecule has 1 N–H and O–H groups in total. The topological polar surface area (TPSA) is 21.3 Å². The average Bonchev–Trinajstić information content (AvgIpc) is 3.04. The first-order valence-corrected chi connectivity index (χ1v) is 6.67. The highest BCUT2D eigenvalue weighted by Crippen LogP contribution is 2.39. The summed E-state index contributed by atoms with van der Waals surface area (Å²) < 4.78 is 6.01. The third-order valence-electron chi connectivity index (χ3n) is 3.72. The van der Waals surface area contributed by atoms with Gasteiger partial charge in [-0.2, -0.15) is 0 Å². The largest absolute Gasteiger partial charge is 0.490 e. The van der Waals surface area contributed by atoms with E-state index in [1.54, 1.807) is 0 Å². The molecule has 1 aromatic rings. The summed E-state index contributed by atoms with van der Waals surface area (Å²) >= 11 is 0. The van der Waals surface area contributed by atoms with Crippen molar-refractivity contribution in [1.29, 1.82) is 0 Å². The molecule has 2 atom stereocenters. The van der Waals surface area contributed by atoms with E-state index < -0.39 is 0 Å². The molecule has 2 nitrogen and oxygen atoms in total. The maximum Gasteiger partial charge on any atom is 0.127 e. The van der Waals surface area contributed by atoms with E-state index in [-0.39, 0.29) is 0 Å². The maximum absolute atomic E-state index is 6.01. The SMILES string of the molecule is Cc1cc(C)c2c(c1)C(NC1CC1)CC(C)O2. The zero-order chi connectivity index (χ0) is 12.0. The van der Waals surface area contributed by atoms with E-state index in [9.17, 15) is 0 Å². The minimum atomic E-state index is 0.320. The van der Waals surface area contributed by atoms with Gasteiger partial charge in [0.1, 0.15) is 5.75 Å². The molecule has 1 aliphatic carbocycles. The second kappa shape index (κ2) is 4.02. The molecule has 2 unspecified atom stereocenters. The number of aryl methyl sites for hydroxylation is 2. The van der Waals surface area contributed by atoms with Crippen molar-refractivity contribution in [2.45, 2.75) is 58.2 Å². The lowest BCUT2D eigenvalue weighted by Crippen LogP contribution is -2.33. The molecule has 0 bridgehead atoms. The van der Waals surface area contributed by atoms with Gasteiger partial charge in [-0.3, -0.25) is 0 Å². The van der Waals surface area contributed by atoms with Crippen LogP contribution in [0.25, 0.3) is 0 Å². The van der Waals surface area contributed by atoms with Gasteiger partial charge in [0, 0.05) is 24.1 Å². The fourth-order valence-corrected chi connectivity index (χ4v) is 2.81. The molecule has 1 aromatic carbocycles. The van der Waals surface area contributed by atoms with Gasteiger partial charge in [0.25, 0.3) is 0 Å². The molecule has 2 heteroatoms. The lowest BCUT2D eigenvalue weighted by molar-refractivity contribution is 0.164. The first-order valence-electron chi connectivity index (χ1n) is 6.67. The van der Waals surface area contributed by atoms with Gasteiger partial charge in [-0.1, -0.05) is 17.7 Å².